The Morgan fingerprint density at radius 3 is 2.33 bits per heavy atom. The lowest BCUT2D eigenvalue weighted by atomic mass is 10.0. The maximum absolute atomic E-state index is 5.68. The van der Waals surface area contributed by atoms with E-state index in [1.807, 2.05) is 6.07 Å². The van der Waals surface area contributed by atoms with Crippen LogP contribution in [-0.4, -0.2) is 63.1 Å². The van der Waals surface area contributed by atoms with Gasteiger partial charge in [0.25, 0.3) is 0 Å². The Labute approximate surface area is 216 Å². The first-order valence-electron chi connectivity index (χ1n) is 11.7. The predicted molar refractivity (Wildman–Crippen MR) is 149 cm³/mol. The number of guanidine groups is 1. The third-order valence-corrected chi connectivity index (χ3v) is 5.83. The average Bonchev–Trinajstić information content (AvgIpc) is 3.33. The zero-order valence-electron chi connectivity index (χ0n) is 20.5. The van der Waals surface area contributed by atoms with E-state index in [1.165, 1.54) is 29.5 Å². The van der Waals surface area contributed by atoms with Gasteiger partial charge in [-0.25, -0.2) is 4.99 Å². The fourth-order valence-corrected chi connectivity index (χ4v) is 4.25. The van der Waals surface area contributed by atoms with Gasteiger partial charge in [0.2, 0.25) is 0 Å². The highest BCUT2D eigenvalue weighted by Gasteiger charge is 2.26. The number of para-hydroxylation sites is 1. The lowest BCUT2D eigenvalue weighted by Crippen LogP contribution is -2.42. The summed E-state index contributed by atoms with van der Waals surface area (Å²) in [5.74, 6) is 1.80. The molecule has 1 heterocycles. The molecule has 0 aliphatic carbocycles. The van der Waals surface area contributed by atoms with Crippen LogP contribution in [0.1, 0.15) is 42.5 Å². The van der Waals surface area contributed by atoms with Crippen molar-refractivity contribution in [1.29, 1.82) is 0 Å². The summed E-state index contributed by atoms with van der Waals surface area (Å²) in [6, 6.07) is 17.4. The zero-order chi connectivity index (χ0) is 22.8. The molecule has 7 heteroatoms. The minimum Gasteiger partial charge on any atom is -0.496 e. The maximum atomic E-state index is 5.68. The summed E-state index contributed by atoms with van der Waals surface area (Å²) in [6.07, 6.45) is 2.51. The summed E-state index contributed by atoms with van der Waals surface area (Å²) < 4.78 is 5.68. The molecule has 1 aliphatic rings. The third kappa shape index (κ3) is 8.46. The maximum Gasteiger partial charge on any atom is 0.191 e. The molecule has 1 atom stereocenters. The predicted octanol–water partition coefficient (Wildman–Crippen LogP) is 4.27. The van der Waals surface area contributed by atoms with Crippen LogP contribution in [-0.2, 0) is 13.1 Å². The van der Waals surface area contributed by atoms with E-state index in [0.29, 0.717) is 6.54 Å². The second-order valence-corrected chi connectivity index (χ2v) is 8.63. The van der Waals surface area contributed by atoms with Gasteiger partial charge in [0.15, 0.2) is 5.96 Å². The fraction of sp³-hybridized carbons (Fsp3) is 0.500. The lowest BCUT2D eigenvalue weighted by molar-refractivity contribution is 0.239. The van der Waals surface area contributed by atoms with Gasteiger partial charge in [-0.1, -0.05) is 42.5 Å². The Morgan fingerprint density at radius 2 is 1.70 bits per heavy atom. The lowest BCUT2D eigenvalue weighted by Gasteiger charge is -2.30. The number of halogens is 1. The second kappa shape index (κ2) is 14.4. The molecule has 0 radical (unpaired) electrons. The number of nitrogens with zero attached hydrogens (tertiary/aromatic N) is 3. The van der Waals surface area contributed by atoms with Crippen molar-refractivity contribution >= 4 is 29.9 Å². The minimum absolute atomic E-state index is 0. The molecule has 33 heavy (non-hydrogen) atoms. The van der Waals surface area contributed by atoms with Crippen LogP contribution in [0.4, 0.5) is 0 Å². The number of benzene rings is 2. The standard InChI is InChI=1S/C26H39N5O.HI/c1-5-27-26(28-18-21-12-14-22(15-13-21)20-30(2)3)29-19-24(31-16-8-9-17-31)23-10-6-7-11-25(23)32-4;/h6-7,10-15,24H,5,8-9,16-20H2,1-4H3,(H2,27,28,29);1H. The van der Waals surface area contributed by atoms with Crippen LogP contribution in [0.15, 0.2) is 53.5 Å². The molecule has 0 saturated carbocycles. The molecule has 182 valence electrons. The smallest absolute Gasteiger partial charge is 0.191 e. The van der Waals surface area contributed by atoms with Gasteiger partial charge in [0.05, 0.1) is 19.7 Å². The van der Waals surface area contributed by atoms with Crippen LogP contribution in [0.2, 0.25) is 0 Å². The van der Waals surface area contributed by atoms with E-state index in [0.717, 1.165) is 44.4 Å². The van der Waals surface area contributed by atoms with Crippen molar-refractivity contribution in [2.24, 2.45) is 4.99 Å². The molecule has 6 nitrogen and oxygen atoms in total. The van der Waals surface area contributed by atoms with Gasteiger partial charge >= 0.3 is 0 Å². The number of methoxy groups -OCH3 is 1. The zero-order valence-corrected chi connectivity index (χ0v) is 22.8. The number of hydrogen-bond acceptors (Lipinski definition) is 4. The quantitative estimate of drug-likeness (QED) is 0.256. The monoisotopic (exact) mass is 565 g/mol. The molecular weight excluding hydrogens is 525 g/mol. The SMILES string of the molecule is CCNC(=NCc1ccc(CN(C)C)cc1)NCC(c1ccccc1OC)N1CCCC1.I. The van der Waals surface area contributed by atoms with Crippen LogP contribution in [0, 0.1) is 0 Å². The van der Waals surface area contributed by atoms with Gasteiger partial charge in [-0.15, -0.1) is 24.0 Å². The largest absolute Gasteiger partial charge is 0.496 e. The highest BCUT2D eigenvalue weighted by molar-refractivity contribution is 14.0. The van der Waals surface area contributed by atoms with Crippen LogP contribution in [0.5, 0.6) is 5.75 Å². The molecule has 0 bridgehead atoms. The molecule has 0 spiro atoms. The van der Waals surface area contributed by atoms with Crippen molar-refractivity contribution in [2.45, 2.75) is 38.9 Å². The van der Waals surface area contributed by atoms with Gasteiger partial charge < -0.3 is 20.3 Å². The Kier molecular flexibility index (Phi) is 12.0. The average molecular weight is 566 g/mol. The van der Waals surface area contributed by atoms with Gasteiger partial charge in [0, 0.05) is 25.2 Å². The van der Waals surface area contributed by atoms with E-state index >= 15 is 0 Å². The summed E-state index contributed by atoms with van der Waals surface area (Å²) in [5.41, 5.74) is 3.76. The van der Waals surface area contributed by atoms with Crippen molar-refractivity contribution in [3.8, 4) is 5.75 Å². The first-order chi connectivity index (χ1) is 15.6. The van der Waals surface area contributed by atoms with E-state index in [-0.39, 0.29) is 30.0 Å². The highest BCUT2D eigenvalue weighted by atomic mass is 127. The minimum atomic E-state index is 0. The molecule has 2 N–H and O–H groups in total. The van der Waals surface area contributed by atoms with E-state index in [4.69, 9.17) is 9.73 Å². The Morgan fingerprint density at radius 1 is 1.03 bits per heavy atom. The Balaban J connectivity index is 0.00000385. The molecule has 2 aromatic carbocycles. The highest BCUT2D eigenvalue weighted by Crippen LogP contribution is 2.31. The van der Waals surface area contributed by atoms with Crippen molar-refractivity contribution in [1.82, 2.24) is 20.4 Å². The third-order valence-electron chi connectivity index (χ3n) is 5.83. The molecule has 0 aromatic heterocycles. The number of ether oxygens (including phenoxy) is 1. The van der Waals surface area contributed by atoms with Gasteiger partial charge in [-0.3, -0.25) is 4.90 Å². The Bertz CT molecular complexity index is 850. The van der Waals surface area contributed by atoms with Crippen molar-refractivity contribution in [2.75, 3.05) is 47.4 Å². The first-order valence-corrected chi connectivity index (χ1v) is 11.7. The molecule has 1 aliphatic heterocycles. The number of nitrogens with one attached hydrogen (secondary N) is 2. The van der Waals surface area contributed by atoms with Gasteiger partial charge in [-0.05, 0) is 64.1 Å². The van der Waals surface area contributed by atoms with E-state index in [1.54, 1.807) is 7.11 Å². The molecule has 1 unspecified atom stereocenters. The van der Waals surface area contributed by atoms with Crippen LogP contribution >= 0.6 is 24.0 Å². The molecular formula is C26H40IN5O. The van der Waals surface area contributed by atoms with E-state index in [2.05, 4.69) is 83.9 Å². The summed E-state index contributed by atoms with van der Waals surface area (Å²) >= 11 is 0. The van der Waals surface area contributed by atoms with Gasteiger partial charge in [-0.2, -0.15) is 0 Å². The normalized spacial score (nSPS) is 15.2. The number of hydrogen-bond donors (Lipinski definition) is 2. The van der Waals surface area contributed by atoms with Crippen LogP contribution in [0.25, 0.3) is 0 Å². The van der Waals surface area contributed by atoms with Gasteiger partial charge in [0.1, 0.15) is 5.75 Å². The van der Waals surface area contributed by atoms with Crippen molar-refractivity contribution in [3.05, 3.63) is 65.2 Å². The summed E-state index contributed by atoms with van der Waals surface area (Å²) in [5, 5.41) is 6.99. The summed E-state index contributed by atoms with van der Waals surface area (Å²) in [4.78, 5) is 9.58. The summed E-state index contributed by atoms with van der Waals surface area (Å²) in [7, 11) is 5.93. The van der Waals surface area contributed by atoms with Crippen LogP contribution < -0.4 is 15.4 Å². The number of likely N-dealkylation sites (tertiary alicyclic amines) is 1. The van der Waals surface area contributed by atoms with Crippen molar-refractivity contribution < 1.29 is 4.74 Å². The molecule has 3 rings (SSSR count). The van der Waals surface area contributed by atoms with E-state index in [9.17, 15) is 0 Å². The molecule has 0 amide bonds. The van der Waals surface area contributed by atoms with Crippen molar-refractivity contribution in [3.63, 3.8) is 0 Å². The number of aliphatic imine (C=N–C) groups is 1. The number of rotatable bonds is 10. The van der Waals surface area contributed by atoms with E-state index < -0.39 is 0 Å². The first kappa shape index (κ1) is 27.4. The Hall–Kier alpha value is -1.84. The topological polar surface area (TPSA) is 52.1 Å². The molecule has 1 fully saturated rings. The molecule has 1 saturated heterocycles. The van der Waals surface area contributed by atoms with Crippen LogP contribution in [0.3, 0.4) is 0 Å². The summed E-state index contributed by atoms with van der Waals surface area (Å²) in [6.45, 7) is 7.57. The molecule has 2 aromatic rings. The second-order valence-electron chi connectivity index (χ2n) is 8.63. The fourth-order valence-electron chi connectivity index (χ4n) is 4.25.